The molecule has 13 heavy (non-hydrogen) atoms. The molecule has 3 aromatic rings. The fourth-order valence-corrected chi connectivity index (χ4v) is 1.46. The van der Waals surface area contributed by atoms with Crippen LogP contribution < -0.4 is 0 Å². The molecule has 0 unspecified atom stereocenters. The van der Waals surface area contributed by atoms with E-state index in [1.807, 2.05) is 24.4 Å². The van der Waals surface area contributed by atoms with Gasteiger partial charge >= 0.3 is 0 Å². The lowest BCUT2D eigenvalue weighted by atomic mass is 10.2. The first-order valence-corrected chi connectivity index (χ1v) is 4.03. The zero-order chi connectivity index (χ0) is 8.67. The van der Waals surface area contributed by atoms with E-state index >= 15 is 0 Å². The molecule has 1 aromatic carbocycles. The molecule has 0 saturated carbocycles. The van der Waals surface area contributed by atoms with E-state index in [2.05, 4.69) is 27.4 Å². The molecule has 0 bridgehead atoms. The van der Waals surface area contributed by atoms with Gasteiger partial charge in [-0.15, -0.1) is 0 Å². The van der Waals surface area contributed by atoms with Crippen LogP contribution in [0.5, 0.6) is 0 Å². The number of nitrogens with zero attached hydrogens (tertiary/aromatic N) is 2. The van der Waals surface area contributed by atoms with Crippen LogP contribution in [0.1, 0.15) is 0 Å². The van der Waals surface area contributed by atoms with Crippen LogP contribution in [0.15, 0.2) is 30.5 Å². The van der Waals surface area contributed by atoms with E-state index in [0.29, 0.717) is 0 Å². The van der Waals surface area contributed by atoms with Gasteiger partial charge in [0, 0.05) is 10.8 Å². The number of H-pyrrole nitrogens is 1. The van der Waals surface area contributed by atoms with Gasteiger partial charge in [-0.25, -0.2) is 4.98 Å². The van der Waals surface area contributed by atoms with Crippen LogP contribution in [-0.4, -0.2) is 15.2 Å². The number of pyridine rings is 1. The molecule has 3 nitrogen and oxygen atoms in total. The fraction of sp³-hybridized carbons (Fsp3) is 0. The summed E-state index contributed by atoms with van der Waals surface area (Å²) in [5.41, 5.74) is 1.96. The van der Waals surface area contributed by atoms with E-state index in [1.54, 1.807) is 0 Å². The Labute approximate surface area is 74.4 Å². The minimum Gasteiger partial charge on any atom is -0.278 e. The zero-order valence-corrected chi connectivity index (χ0v) is 6.78. The van der Waals surface area contributed by atoms with Gasteiger partial charge in [0.1, 0.15) is 0 Å². The summed E-state index contributed by atoms with van der Waals surface area (Å²) in [7, 11) is 0. The van der Waals surface area contributed by atoms with E-state index in [0.717, 1.165) is 21.8 Å². The summed E-state index contributed by atoms with van der Waals surface area (Å²) in [5, 5.41) is 9.10. The van der Waals surface area contributed by atoms with Crippen molar-refractivity contribution in [2.75, 3.05) is 0 Å². The third-order valence-corrected chi connectivity index (χ3v) is 2.11. The van der Waals surface area contributed by atoms with Crippen LogP contribution in [-0.2, 0) is 0 Å². The van der Waals surface area contributed by atoms with Crippen molar-refractivity contribution in [3.8, 4) is 0 Å². The Hall–Kier alpha value is -1.90. The maximum atomic E-state index is 4.14. The van der Waals surface area contributed by atoms with Crippen molar-refractivity contribution in [3.05, 3.63) is 36.7 Å². The van der Waals surface area contributed by atoms with Crippen LogP contribution >= 0.6 is 0 Å². The molecular formula is C10H6N3. The van der Waals surface area contributed by atoms with E-state index in [9.17, 15) is 0 Å². The molecule has 3 heteroatoms. The zero-order valence-electron chi connectivity index (χ0n) is 6.78. The van der Waals surface area contributed by atoms with Gasteiger partial charge in [0.2, 0.25) is 0 Å². The summed E-state index contributed by atoms with van der Waals surface area (Å²) >= 11 is 0. The highest BCUT2D eigenvalue weighted by Crippen LogP contribution is 2.18. The molecule has 0 saturated heterocycles. The molecule has 1 N–H and O–H groups in total. The first-order valence-electron chi connectivity index (χ1n) is 4.03. The molecule has 0 aliphatic heterocycles. The summed E-state index contributed by atoms with van der Waals surface area (Å²) in [6, 6.07) is 7.85. The normalized spacial score (nSPS) is 11.1. The topological polar surface area (TPSA) is 41.6 Å². The molecule has 61 valence electrons. The van der Waals surface area contributed by atoms with Crippen LogP contribution in [0.3, 0.4) is 0 Å². The van der Waals surface area contributed by atoms with Gasteiger partial charge in [0.05, 0.1) is 23.4 Å². The second kappa shape index (κ2) is 2.29. The minimum atomic E-state index is 0.944. The van der Waals surface area contributed by atoms with Crippen LogP contribution in [0.25, 0.3) is 21.8 Å². The Morgan fingerprint density at radius 3 is 3.23 bits per heavy atom. The lowest BCUT2D eigenvalue weighted by Crippen LogP contribution is -1.77. The number of fused-ring (bicyclic) bond motifs is 2. The fourth-order valence-electron chi connectivity index (χ4n) is 1.46. The van der Waals surface area contributed by atoms with Gasteiger partial charge in [0.15, 0.2) is 0 Å². The quantitative estimate of drug-likeness (QED) is 0.557. The first kappa shape index (κ1) is 6.60. The molecule has 2 heterocycles. The second-order valence-electron chi connectivity index (χ2n) is 2.94. The first-order chi connectivity index (χ1) is 6.43. The number of benzene rings is 1. The molecule has 0 aliphatic rings. The Balaban J connectivity index is 2.57. The largest absolute Gasteiger partial charge is 0.278 e. The summed E-state index contributed by atoms with van der Waals surface area (Å²) in [4.78, 5) is 4.14. The van der Waals surface area contributed by atoms with Gasteiger partial charge in [0.25, 0.3) is 0 Å². The lowest BCUT2D eigenvalue weighted by Gasteiger charge is -1.94. The molecule has 1 radical (unpaired) electrons. The highest BCUT2D eigenvalue weighted by Gasteiger charge is 1.98. The Bertz CT molecular complexity index is 519. The second-order valence-corrected chi connectivity index (χ2v) is 2.94. The van der Waals surface area contributed by atoms with Crippen molar-refractivity contribution >= 4 is 21.8 Å². The molecule has 0 amide bonds. The average Bonchev–Trinajstić information content (AvgIpc) is 2.61. The third-order valence-electron chi connectivity index (χ3n) is 2.11. The molecule has 0 atom stereocenters. The summed E-state index contributed by atoms with van der Waals surface area (Å²) in [5.74, 6) is 0. The molecule has 0 spiro atoms. The molecule has 0 aliphatic carbocycles. The van der Waals surface area contributed by atoms with Crippen molar-refractivity contribution in [2.45, 2.75) is 0 Å². The van der Waals surface area contributed by atoms with Crippen LogP contribution in [0, 0.1) is 6.20 Å². The maximum absolute atomic E-state index is 4.14. The van der Waals surface area contributed by atoms with Gasteiger partial charge in [-0.2, -0.15) is 5.10 Å². The highest BCUT2D eigenvalue weighted by molar-refractivity contribution is 5.94. The average molecular weight is 168 g/mol. The molecule has 3 rings (SSSR count). The van der Waals surface area contributed by atoms with Crippen molar-refractivity contribution < 1.29 is 0 Å². The number of hydrogen-bond acceptors (Lipinski definition) is 2. The highest BCUT2D eigenvalue weighted by atomic mass is 15.1. The van der Waals surface area contributed by atoms with Crippen LogP contribution in [0.2, 0.25) is 0 Å². The van der Waals surface area contributed by atoms with E-state index in [4.69, 9.17) is 0 Å². The predicted octanol–water partition coefficient (Wildman–Crippen LogP) is 1.91. The third kappa shape index (κ3) is 0.902. The van der Waals surface area contributed by atoms with Crippen molar-refractivity contribution in [2.24, 2.45) is 0 Å². The van der Waals surface area contributed by atoms with Gasteiger partial charge in [-0.3, -0.25) is 5.10 Å². The smallest absolute Gasteiger partial charge is 0.0894 e. The maximum Gasteiger partial charge on any atom is 0.0894 e. The van der Waals surface area contributed by atoms with E-state index in [1.165, 1.54) is 0 Å². The van der Waals surface area contributed by atoms with E-state index < -0.39 is 0 Å². The summed E-state index contributed by atoms with van der Waals surface area (Å²) in [6.07, 6.45) is 4.62. The number of nitrogens with one attached hydrogen (secondary N) is 1. The molecule has 2 aromatic heterocycles. The summed E-state index contributed by atoms with van der Waals surface area (Å²) in [6.45, 7) is 0. The van der Waals surface area contributed by atoms with Gasteiger partial charge in [-0.05, 0) is 18.2 Å². The molecular weight excluding hydrogens is 162 g/mol. The number of aromatic amines is 1. The Morgan fingerprint density at radius 2 is 2.23 bits per heavy atom. The summed E-state index contributed by atoms with van der Waals surface area (Å²) < 4.78 is 0. The lowest BCUT2D eigenvalue weighted by molar-refractivity contribution is 1.12. The van der Waals surface area contributed by atoms with Gasteiger partial charge in [-0.1, -0.05) is 6.07 Å². The number of aromatic nitrogens is 3. The Kier molecular flexibility index (Phi) is 1.16. The number of rotatable bonds is 0. The van der Waals surface area contributed by atoms with Crippen molar-refractivity contribution in [3.63, 3.8) is 0 Å². The predicted molar refractivity (Wildman–Crippen MR) is 50.2 cm³/mol. The SMILES string of the molecule is [c]1ccc2cc3cn[nH]c3cc2n1. The Morgan fingerprint density at radius 1 is 1.23 bits per heavy atom. The van der Waals surface area contributed by atoms with Crippen molar-refractivity contribution in [1.29, 1.82) is 0 Å². The monoisotopic (exact) mass is 168 g/mol. The molecule has 0 fully saturated rings. The number of hydrogen-bond donors (Lipinski definition) is 1. The standard InChI is InChI=1S/C10H6N3/c1-2-7-4-8-6-12-13-10(8)5-9(7)11-3-1/h1-2,4-6H,(H,12,13). The van der Waals surface area contributed by atoms with Gasteiger partial charge < -0.3 is 0 Å². The van der Waals surface area contributed by atoms with E-state index in [-0.39, 0.29) is 0 Å². The minimum absolute atomic E-state index is 0.944. The van der Waals surface area contributed by atoms with Crippen LogP contribution in [0.4, 0.5) is 0 Å². The van der Waals surface area contributed by atoms with Crippen molar-refractivity contribution in [1.82, 2.24) is 15.2 Å².